The molecule has 0 saturated heterocycles. The molecule has 4 heteroatoms. The molecule has 1 heterocycles. The standard InChI is InChI=1S/C17H23NO3/c19-17-9-2-1-4-12(17)5-3-6-16(17)18-13-7-8-14-15(10-13)21-11-20-14/h7-8,10,12,16,18-19H,1-6,9,11H2/t12-,16+,17-/m1/s1. The minimum absolute atomic E-state index is 0.150. The Hall–Kier alpha value is -1.42. The first-order chi connectivity index (χ1) is 10.3. The molecule has 0 aromatic heterocycles. The Morgan fingerprint density at radius 3 is 2.86 bits per heavy atom. The topological polar surface area (TPSA) is 50.7 Å². The summed E-state index contributed by atoms with van der Waals surface area (Å²) in [6.07, 6.45) is 7.94. The molecule has 2 N–H and O–H groups in total. The van der Waals surface area contributed by atoms with Crippen LogP contribution in [0.4, 0.5) is 5.69 Å². The summed E-state index contributed by atoms with van der Waals surface area (Å²) >= 11 is 0. The minimum atomic E-state index is -0.535. The van der Waals surface area contributed by atoms with Crippen LogP contribution in [0.25, 0.3) is 0 Å². The monoisotopic (exact) mass is 289 g/mol. The van der Waals surface area contributed by atoms with Crippen LogP contribution in [0.2, 0.25) is 0 Å². The smallest absolute Gasteiger partial charge is 0.231 e. The zero-order chi connectivity index (χ0) is 14.3. The molecule has 0 amide bonds. The van der Waals surface area contributed by atoms with Gasteiger partial charge in [-0.05, 0) is 43.7 Å². The minimum Gasteiger partial charge on any atom is -0.454 e. The molecular weight excluding hydrogens is 266 g/mol. The summed E-state index contributed by atoms with van der Waals surface area (Å²) in [5, 5.41) is 14.8. The highest BCUT2D eigenvalue weighted by Crippen LogP contribution is 2.45. The van der Waals surface area contributed by atoms with Crippen molar-refractivity contribution in [3.05, 3.63) is 18.2 Å². The lowest BCUT2D eigenvalue weighted by Gasteiger charge is -2.49. The molecule has 0 spiro atoms. The van der Waals surface area contributed by atoms with Gasteiger partial charge in [-0.3, -0.25) is 0 Å². The maximum absolute atomic E-state index is 11.2. The van der Waals surface area contributed by atoms with E-state index in [1.54, 1.807) is 0 Å². The lowest BCUT2D eigenvalue weighted by molar-refractivity contribution is -0.0835. The molecule has 1 aromatic carbocycles. The fraction of sp³-hybridized carbons (Fsp3) is 0.647. The molecule has 3 aliphatic rings. The molecule has 0 radical (unpaired) electrons. The summed E-state index contributed by atoms with van der Waals surface area (Å²) in [6.45, 7) is 0.300. The van der Waals surface area contributed by atoms with Crippen molar-refractivity contribution in [1.82, 2.24) is 0 Å². The Balaban J connectivity index is 1.55. The molecule has 3 atom stereocenters. The van der Waals surface area contributed by atoms with Crippen LogP contribution in [0.5, 0.6) is 11.5 Å². The summed E-state index contributed by atoms with van der Waals surface area (Å²) in [4.78, 5) is 0. The highest BCUT2D eigenvalue weighted by atomic mass is 16.7. The van der Waals surface area contributed by atoms with Crippen LogP contribution in [0.1, 0.15) is 44.9 Å². The van der Waals surface area contributed by atoms with E-state index in [4.69, 9.17) is 9.47 Å². The van der Waals surface area contributed by atoms with Gasteiger partial charge in [0.2, 0.25) is 6.79 Å². The van der Waals surface area contributed by atoms with Crippen LogP contribution in [0.3, 0.4) is 0 Å². The Bertz CT molecular complexity index is 531. The number of ether oxygens (including phenoxy) is 2. The predicted octanol–water partition coefficient (Wildman–Crippen LogP) is 3.30. The number of hydrogen-bond donors (Lipinski definition) is 2. The van der Waals surface area contributed by atoms with Crippen molar-refractivity contribution in [2.75, 3.05) is 12.1 Å². The average molecular weight is 289 g/mol. The van der Waals surface area contributed by atoms with Gasteiger partial charge in [0, 0.05) is 11.8 Å². The number of hydrogen-bond acceptors (Lipinski definition) is 4. The Morgan fingerprint density at radius 2 is 1.90 bits per heavy atom. The molecule has 0 bridgehead atoms. The third-order valence-electron chi connectivity index (χ3n) is 5.45. The van der Waals surface area contributed by atoms with Crippen LogP contribution in [-0.2, 0) is 0 Å². The fourth-order valence-corrected chi connectivity index (χ4v) is 4.31. The number of fused-ring (bicyclic) bond motifs is 2. The quantitative estimate of drug-likeness (QED) is 0.877. The van der Waals surface area contributed by atoms with Gasteiger partial charge in [-0.15, -0.1) is 0 Å². The van der Waals surface area contributed by atoms with Gasteiger partial charge in [-0.1, -0.05) is 19.3 Å². The third-order valence-corrected chi connectivity index (χ3v) is 5.45. The second kappa shape index (κ2) is 5.09. The SMILES string of the molecule is O[C@]12CCCC[C@@H]1CCC[C@@H]2Nc1ccc2c(c1)OCO2. The van der Waals surface area contributed by atoms with Crippen LogP contribution in [0, 0.1) is 5.92 Å². The van der Waals surface area contributed by atoms with Crippen LogP contribution >= 0.6 is 0 Å². The van der Waals surface area contributed by atoms with Gasteiger partial charge >= 0.3 is 0 Å². The van der Waals surface area contributed by atoms with Gasteiger partial charge in [0.25, 0.3) is 0 Å². The molecule has 4 nitrogen and oxygen atoms in total. The first-order valence-electron chi connectivity index (χ1n) is 8.14. The lowest BCUT2D eigenvalue weighted by atomic mass is 9.65. The summed E-state index contributed by atoms with van der Waals surface area (Å²) in [7, 11) is 0. The van der Waals surface area contributed by atoms with Crippen molar-refractivity contribution >= 4 is 5.69 Å². The molecule has 21 heavy (non-hydrogen) atoms. The highest BCUT2D eigenvalue weighted by Gasteiger charge is 2.47. The largest absolute Gasteiger partial charge is 0.454 e. The van der Waals surface area contributed by atoms with Crippen molar-refractivity contribution in [2.24, 2.45) is 5.92 Å². The number of benzene rings is 1. The van der Waals surface area contributed by atoms with Crippen LogP contribution in [0.15, 0.2) is 18.2 Å². The van der Waals surface area contributed by atoms with E-state index in [1.807, 2.05) is 18.2 Å². The number of anilines is 1. The molecule has 1 aromatic rings. The zero-order valence-electron chi connectivity index (χ0n) is 12.3. The van der Waals surface area contributed by atoms with E-state index in [9.17, 15) is 5.11 Å². The molecule has 4 rings (SSSR count). The van der Waals surface area contributed by atoms with Crippen LogP contribution < -0.4 is 14.8 Å². The van der Waals surface area contributed by atoms with Crippen molar-refractivity contribution in [1.29, 1.82) is 0 Å². The zero-order valence-corrected chi connectivity index (χ0v) is 12.3. The second-order valence-electron chi connectivity index (χ2n) is 6.63. The molecule has 114 valence electrons. The van der Waals surface area contributed by atoms with E-state index in [0.717, 1.165) is 36.4 Å². The third kappa shape index (κ3) is 2.26. The first kappa shape index (κ1) is 13.3. The van der Waals surface area contributed by atoms with E-state index in [1.165, 1.54) is 25.7 Å². The maximum Gasteiger partial charge on any atom is 0.231 e. The fourth-order valence-electron chi connectivity index (χ4n) is 4.31. The average Bonchev–Trinajstić information content (AvgIpc) is 2.95. The molecule has 2 fully saturated rings. The summed E-state index contributed by atoms with van der Waals surface area (Å²) in [6, 6.07) is 6.09. The van der Waals surface area contributed by atoms with E-state index in [2.05, 4.69) is 5.32 Å². The van der Waals surface area contributed by atoms with Gasteiger partial charge in [0.05, 0.1) is 11.6 Å². The Morgan fingerprint density at radius 1 is 1.05 bits per heavy atom. The Labute approximate surface area is 125 Å². The Kier molecular flexibility index (Phi) is 3.21. The van der Waals surface area contributed by atoms with Crippen LogP contribution in [-0.4, -0.2) is 23.5 Å². The van der Waals surface area contributed by atoms with Crippen molar-refractivity contribution in [3.63, 3.8) is 0 Å². The molecule has 0 unspecified atom stereocenters. The van der Waals surface area contributed by atoms with Crippen molar-refractivity contribution in [2.45, 2.75) is 56.6 Å². The number of nitrogens with one attached hydrogen (secondary N) is 1. The van der Waals surface area contributed by atoms with E-state index in [-0.39, 0.29) is 6.04 Å². The molecule has 2 saturated carbocycles. The summed E-state index contributed by atoms with van der Waals surface area (Å²) in [5.74, 6) is 2.06. The maximum atomic E-state index is 11.2. The molecule has 1 aliphatic heterocycles. The normalized spacial score (nSPS) is 34.3. The van der Waals surface area contributed by atoms with E-state index < -0.39 is 5.60 Å². The van der Waals surface area contributed by atoms with Gasteiger partial charge < -0.3 is 19.9 Å². The van der Waals surface area contributed by atoms with Gasteiger partial charge in [0.15, 0.2) is 11.5 Å². The molecular formula is C17H23NO3. The van der Waals surface area contributed by atoms with Crippen molar-refractivity contribution < 1.29 is 14.6 Å². The number of rotatable bonds is 2. The molecule has 2 aliphatic carbocycles. The lowest BCUT2D eigenvalue weighted by Crippen LogP contribution is -2.56. The van der Waals surface area contributed by atoms with Gasteiger partial charge in [-0.25, -0.2) is 0 Å². The van der Waals surface area contributed by atoms with Crippen molar-refractivity contribution in [3.8, 4) is 11.5 Å². The predicted molar refractivity (Wildman–Crippen MR) is 80.7 cm³/mol. The van der Waals surface area contributed by atoms with E-state index in [0.29, 0.717) is 12.7 Å². The summed E-state index contributed by atoms with van der Waals surface area (Å²) in [5.41, 5.74) is 0.483. The highest BCUT2D eigenvalue weighted by molar-refractivity contribution is 5.56. The van der Waals surface area contributed by atoms with Gasteiger partial charge in [0.1, 0.15) is 0 Å². The number of aliphatic hydroxyl groups is 1. The first-order valence-corrected chi connectivity index (χ1v) is 8.14. The van der Waals surface area contributed by atoms with E-state index >= 15 is 0 Å². The van der Waals surface area contributed by atoms with Gasteiger partial charge in [-0.2, -0.15) is 0 Å². The summed E-state index contributed by atoms with van der Waals surface area (Å²) < 4.78 is 10.8. The second-order valence-corrected chi connectivity index (χ2v) is 6.63.